The summed E-state index contributed by atoms with van der Waals surface area (Å²) < 4.78 is 63.7. The lowest BCUT2D eigenvalue weighted by Crippen LogP contribution is -2.25. The van der Waals surface area contributed by atoms with Crippen LogP contribution in [-0.2, 0) is 20.8 Å². The number of hydrogen-bond acceptors (Lipinski definition) is 7. The molecule has 1 aliphatic rings. The summed E-state index contributed by atoms with van der Waals surface area (Å²) in [4.78, 5) is 15.9. The Balaban J connectivity index is 2.10. The van der Waals surface area contributed by atoms with Gasteiger partial charge < -0.3 is 10.6 Å². The minimum atomic E-state index is -4.62. The van der Waals surface area contributed by atoms with Gasteiger partial charge >= 0.3 is 6.18 Å². The SMILES string of the molecule is CNC(C1=C(Nc2ccnc(C(F)(F)F)c2)CCC1=O)c1ccc(C#N)cc1S(C)(=O)=O. The van der Waals surface area contributed by atoms with E-state index >= 15 is 0 Å². The lowest BCUT2D eigenvalue weighted by molar-refractivity contribution is -0.141. The molecule has 32 heavy (non-hydrogen) atoms. The maximum absolute atomic E-state index is 13.0. The van der Waals surface area contributed by atoms with Gasteiger partial charge in [-0.15, -0.1) is 0 Å². The summed E-state index contributed by atoms with van der Waals surface area (Å²) in [6.45, 7) is 0. The van der Waals surface area contributed by atoms with Crippen LogP contribution >= 0.6 is 0 Å². The first kappa shape index (κ1) is 23.4. The number of aromatic nitrogens is 1. The van der Waals surface area contributed by atoms with Crippen LogP contribution in [0.2, 0.25) is 0 Å². The molecule has 0 spiro atoms. The zero-order valence-corrected chi connectivity index (χ0v) is 17.9. The van der Waals surface area contributed by atoms with Crippen LogP contribution in [0.15, 0.2) is 52.7 Å². The van der Waals surface area contributed by atoms with Crippen LogP contribution in [-0.4, -0.2) is 32.5 Å². The molecule has 0 saturated heterocycles. The number of nitrogens with one attached hydrogen (secondary N) is 2. The fourth-order valence-corrected chi connectivity index (χ4v) is 4.55. The molecule has 0 saturated carbocycles. The summed E-state index contributed by atoms with van der Waals surface area (Å²) in [7, 11) is -2.20. The maximum Gasteiger partial charge on any atom is 0.433 e. The van der Waals surface area contributed by atoms with Crippen LogP contribution < -0.4 is 10.6 Å². The lowest BCUT2D eigenvalue weighted by Gasteiger charge is -2.22. The molecular formula is C21H19F3N4O3S. The average molecular weight is 464 g/mol. The van der Waals surface area contributed by atoms with Crippen molar-refractivity contribution < 1.29 is 26.4 Å². The Labute approximate surface area is 182 Å². The van der Waals surface area contributed by atoms with E-state index in [-0.39, 0.29) is 45.9 Å². The summed E-state index contributed by atoms with van der Waals surface area (Å²) >= 11 is 0. The van der Waals surface area contributed by atoms with Crippen molar-refractivity contribution in [2.24, 2.45) is 0 Å². The van der Waals surface area contributed by atoms with Crippen molar-refractivity contribution in [3.05, 3.63) is 64.6 Å². The second kappa shape index (κ2) is 8.72. The topological polar surface area (TPSA) is 112 Å². The van der Waals surface area contributed by atoms with Gasteiger partial charge in [-0.2, -0.15) is 18.4 Å². The van der Waals surface area contributed by atoms with Gasteiger partial charge in [0, 0.05) is 35.8 Å². The standard InChI is InChI=1S/C21H19F3N4O3S/c1-26-20(14-4-3-12(11-25)9-17(14)32(2,30)31)19-15(5-6-16(19)29)28-13-7-8-27-18(10-13)21(22,23)24/h3-4,7-10,20,26H,5-6H2,1-2H3,(H,27,28). The molecule has 0 bridgehead atoms. The number of benzene rings is 1. The minimum Gasteiger partial charge on any atom is -0.358 e. The molecule has 168 valence electrons. The zero-order valence-electron chi connectivity index (χ0n) is 17.1. The number of Topliss-reactive ketones (excluding diaryl/α,β-unsaturated/α-hetero) is 1. The van der Waals surface area contributed by atoms with E-state index in [1.165, 1.54) is 24.3 Å². The number of carbonyl (C=O) groups excluding carboxylic acids is 1. The van der Waals surface area contributed by atoms with Crippen molar-refractivity contribution in [1.29, 1.82) is 5.26 Å². The van der Waals surface area contributed by atoms with Gasteiger partial charge in [0.1, 0.15) is 5.69 Å². The first-order chi connectivity index (χ1) is 15.0. The highest BCUT2D eigenvalue weighted by Gasteiger charge is 2.34. The highest BCUT2D eigenvalue weighted by atomic mass is 32.2. The van der Waals surface area contributed by atoms with Gasteiger partial charge in [0.15, 0.2) is 15.6 Å². The summed E-state index contributed by atoms with van der Waals surface area (Å²) in [5, 5.41) is 14.9. The van der Waals surface area contributed by atoms with Crippen LogP contribution in [0.4, 0.5) is 18.9 Å². The third-order valence-corrected chi connectivity index (χ3v) is 6.16. The molecule has 7 nitrogen and oxygen atoms in total. The van der Waals surface area contributed by atoms with Crippen molar-refractivity contribution in [3.63, 3.8) is 0 Å². The first-order valence-corrected chi connectivity index (χ1v) is 11.3. The Bertz CT molecular complexity index is 1250. The highest BCUT2D eigenvalue weighted by Crippen LogP contribution is 2.37. The zero-order chi connectivity index (χ0) is 23.7. The normalized spacial score (nSPS) is 15.6. The second-order valence-corrected chi connectivity index (χ2v) is 9.21. The number of sulfone groups is 1. The van der Waals surface area contributed by atoms with E-state index in [0.29, 0.717) is 5.70 Å². The van der Waals surface area contributed by atoms with E-state index in [1.807, 2.05) is 6.07 Å². The molecule has 0 aliphatic heterocycles. The number of anilines is 1. The molecule has 1 heterocycles. The van der Waals surface area contributed by atoms with E-state index in [4.69, 9.17) is 5.26 Å². The van der Waals surface area contributed by atoms with Crippen LogP contribution in [0.25, 0.3) is 0 Å². The summed E-state index contributed by atoms with van der Waals surface area (Å²) in [6, 6.07) is 7.36. The van der Waals surface area contributed by atoms with E-state index < -0.39 is 27.7 Å². The molecule has 0 radical (unpaired) electrons. The predicted molar refractivity (Wildman–Crippen MR) is 110 cm³/mol. The van der Waals surface area contributed by atoms with E-state index in [1.54, 1.807) is 7.05 Å². The molecular weight excluding hydrogens is 445 g/mol. The van der Waals surface area contributed by atoms with Gasteiger partial charge in [0.05, 0.1) is 22.6 Å². The number of allylic oxidation sites excluding steroid dienone is 1. The number of hydrogen-bond donors (Lipinski definition) is 2. The Morgan fingerprint density at radius 3 is 2.50 bits per heavy atom. The monoisotopic (exact) mass is 464 g/mol. The van der Waals surface area contributed by atoms with Crippen molar-refractivity contribution in [1.82, 2.24) is 10.3 Å². The number of carbonyl (C=O) groups is 1. The molecule has 0 amide bonds. The van der Waals surface area contributed by atoms with Crippen molar-refractivity contribution in [2.45, 2.75) is 30.0 Å². The Kier molecular flexibility index (Phi) is 6.39. The molecule has 1 aromatic carbocycles. The Morgan fingerprint density at radius 1 is 1.19 bits per heavy atom. The third kappa shape index (κ3) is 4.81. The van der Waals surface area contributed by atoms with Gasteiger partial charge in [-0.05, 0) is 43.3 Å². The summed E-state index contributed by atoms with van der Waals surface area (Å²) in [6.07, 6.45) is -2.24. The molecule has 1 aromatic heterocycles. The highest BCUT2D eigenvalue weighted by molar-refractivity contribution is 7.90. The number of halogens is 3. The van der Waals surface area contributed by atoms with Crippen LogP contribution in [0.3, 0.4) is 0 Å². The average Bonchev–Trinajstić information content (AvgIpc) is 3.08. The number of rotatable bonds is 6. The number of likely N-dealkylation sites (N-methyl/N-ethyl adjacent to an activating group) is 1. The van der Waals surface area contributed by atoms with Crippen LogP contribution in [0.1, 0.15) is 35.7 Å². The number of ketones is 1. The van der Waals surface area contributed by atoms with Gasteiger partial charge in [-0.25, -0.2) is 8.42 Å². The minimum absolute atomic E-state index is 0.104. The molecule has 0 fully saturated rings. The largest absolute Gasteiger partial charge is 0.433 e. The second-order valence-electron chi connectivity index (χ2n) is 7.23. The quantitative estimate of drug-likeness (QED) is 0.674. The van der Waals surface area contributed by atoms with E-state index in [9.17, 15) is 26.4 Å². The van der Waals surface area contributed by atoms with Crippen molar-refractivity contribution in [2.75, 3.05) is 18.6 Å². The van der Waals surface area contributed by atoms with E-state index in [0.717, 1.165) is 18.5 Å². The van der Waals surface area contributed by atoms with Gasteiger partial charge in [-0.1, -0.05) is 6.07 Å². The number of nitrogens with zero attached hydrogens (tertiary/aromatic N) is 2. The third-order valence-electron chi connectivity index (χ3n) is 5.00. The molecule has 2 aromatic rings. The van der Waals surface area contributed by atoms with Crippen molar-refractivity contribution in [3.8, 4) is 6.07 Å². The molecule has 1 atom stereocenters. The number of nitriles is 1. The van der Waals surface area contributed by atoms with Crippen LogP contribution in [0.5, 0.6) is 0 Å². The fourth-order valence-electron chi connectivity index (χ4n) is 3.60. The van der Waals surface area contributed by atoms with Crippen LogP contribution in [0, 0.1) is 11.3 Å². The molecule has 3 rings (SSSR count). The maximum atomic E-state index is 13.0. The summed E-state index contributed by atoms with van der Waals surface area (Å²) in [5.41, 5.74) is 0.0536. The van der Waals surface area contributed by atoms with E-state index in [2.05, 4.69) is 15.6 Å². The number of alkyl halides is 3. The fraction of sp³-hybridized carbons (Fsp3) is 0.286. The van der Waals surface area contributed by atoms with Gasteiger partial charge in [-0.3, -0.25) is 9.78 Å². The smallest absolute Gasteiger partial charge is 0.358 e. The molecule has 11 heteroatoms. The molecule has 1 aliphatic carbocycles. The predicted octanol–water partition coefficient (Wildman–Crippen LogP) is 3.37. The lowest BCUT2D eigenvalue weighted by atomic mass is 9.95. The molecule has 1 unspecified atom stereocenters. The Hall–Kier alpha value is -3.23. The van der Waals surface area contributed by atoms with Crippen molar-refractivity contribution >= 4 is 21.3 Å². The molecule has 2 N–H and O–H groups in total. The Morgan fingerprint density at radius 2 is 1.91 bits per heavy atom. The first-order valence-electron chi connectivity index (χ1n) is 9.43. The number of pyridine rings is 1. The summed E-state index contributed by atoms with van der Waals surface area (Å²) in [5.74, 6) is -0.263. The van der Waals surface area contributed by atoms with Gasteiger partial charge in [0.2, 0.25) is 0 Å². The van der Waals surface area contributed by atoms with Gasteiger partial charge in [0.25, 0.3) is 0 Å².